The Morgan fingerprint density at radius 3 is 2.93 bits per heavy atom. The summed E-state index contributed by atoms with van der Waals surface area (Å²) in [6, 6.07) is 5.44. The summed E-state index contributed by atoms with van der Waals surface area (Å²) in [6.45, 7) is 0. The Kier molecular flexibility index (Phi) is 2.61. The second-order valence-corrected chi connectivity index (χ2v) is 4.58. The summed E-state index contributed by atoms with van der Waals surface area (Å²) in [5.74, 6) is -1.34. The molecule has 0 bridgehead atoms. The van der Waals surface area contributed by atoms with E-state index < -0.39 is 5.97 Å². The Bertz CT molecular complexity index is 439. The summed E-state index contributed by atoms with van der Waals surface area (Å²) in [6.07, 6.45) is 0.463. The normalized spacial score (nSPS) is 19.0. The number of aliphatic carboxylic acids is 1. The lowest BCUT2D eigenvalue weighted by atomic mass is 10.0. The molecule has 2 rings (SSSR count). The zero-order chi connectivity index (χ0) is 11.0. The van der Waals surface area contributed by atoms with Crippen molar-refractivity contribution in [1.82, 2.24) is 0 Å². The first-order chi connectivity index (χ1) is 7.08. The maximum absolute atomic E-state index is 11.8. The Hall–Kier alpha value is -1.16. The Labute approximate surface area is 95.2 Å². The predicted octanol–water partition coefficient (Wildman–Crippen LogP) is 2.28. The van der Waals surface area contributed by atoms with E-state index in [2.05, 4.69) is 15.9 Å². The first-order valence-electron chi connectivity index (χ1n) is 4.62. The van der Waals surface area contributed by atoms with E-state index in [1.54, 1.807) is 12.1 Å². The van der Waals surface area contributed by atoms with Gasteiger partial charge in [-0.2, -0.15) is 0 Å². The molecule has 0 saturated heterocycles. The van der Waals surface area contributed by atoms with Gasteiger partial charge < -0.3 is 5.11 Å². The Morgan fingerprint density at radius 2 is 2.27 bits per heavy atom. The van der Waals surface area contributed by atoms with Crippen LogP contribution in [0.3, 0.4) is 0 Å². The molecular weight excluding hydrogens is 260 g/mol. The molecule has 0 aliphatic heterocycles. The second-order valence-electron chi connectivity index (χ2n) is 3.66. The third-order valence-corrected chi connectivity index (χ3v) is 3.08. The van der Waals surface area contributed by atoms with Crippen LogP contribution in [0.2, 0.25) is 0 Å². The van der Waals surface area contributed by atoms with Gasteiger partial charge in [0.15, 0.2) is 5.78 Å². The van der Waals surface area contributed by atoms with Crippen molar-refractivity contribution >= 4 is 27.7 Å². The summed E-state index contributed by atoms with van der Waals surface area (Å²) >= 11 is 3.33. The lowest BCUT2D eigenvalue weighted by molar-refractivity contribution is -0.137. The Balaban J connectivity index is 2.29. The second kappa shape index (κ2) is 3.77. The van der Waals surface area contributed by atoms with Crippen molar-refractivity contribution in [2.24, 2.45) is 5.92 Å². The average Bonchev–Trinajstić information content (AvgIpc) is 2.42. The van der Waals surface area contributed by atoms with Crippen molar-refractivity contribution in [2.75, 3.05) is 0 Å². The molecule has 78 valence electrons. The molecule has 3 nitrogen and oxygen atoms in total. The number of rotatable bonds is 2. The van der Waals surface area contributed by atoms with E-state index in [0.29, 0.717) is 12.0 Å². The van der Waals surface area contributed by atoms with Crippen LogP contribution >= 0.6 is 15.9 Å². The summed E-state index contributed by atoms with van der Waals surface area (Å²) in [7, 11) is 0. The molecule has 0 aromatic heterocycles. The molecule has 1 aliphatic carbocycles. The van der Waals surface area contributed by atoms with E-state index >= 15 is 0 Å². The van der Waals surface area contributed by atoms with Gasteiger partial charge in [-0.3, -0.25) is 9.59 Å². The number of benzene rings is 1. The van der Waals surface area contributed by atoms with E-state index in [-0.39, 0.29) is 18.1 Å². The lowest BCUT2D eigenvalue weighted by Crippen LogP contribution is -2.13. The van der Waals surface area contributed by atoms with E-state index in [4.69, 9.17) is 5.11 Å². The minimum atomic E-state index is -0.916. The zero-order valence-electron chi connectivity index (χ0n) is 7.87. The van der Waals surface area contributed by atoms with Crippen molar-refractivity contribution in [3.05, 3.63) is 33.8 Å². The number of carbonyl (C=O) groups excluding carboxylic acids is 1. The average molecular weight is 269 g/mol. The van der Waals surface area contributed by atoms with E-state index in [1.165, 1.54) is 0 Å². The lowest BCUT2D eigenvalue weighted by Gasteiger charge is -2.01. The minimum Gasteiger partial charge on any atom is -0.481 e. The zero-order valence-corrected chi connectivity index (χ0v) is 9.45. The standard InChI is InChI=1S/C11H9BrO3/c12-8-1-2-9-6(4-8)3-7(11(9)15)5-10(13)14/h1-2,4,7H,3,5H2,(H,13,14)/t7-/m0/s1. The summed E-state index contributed by atoms with van der Waals surface area (Å²) in [5, 5.41) is 8.66. The predicted molar refractivity (Wildman–Crippen MR) is 57.9 cm³/mol. The molecule has 1 N–H and O–H groups in total. The molecule has 0 radical (unpaired) electrons. The SMILES string of the molecule is O=C(O)C[C@@H]1Cc2cc(Br)ccc2C1=O. The highest BCUT2D eigenvalue weighted by atomic mass is 79.9. The number of carbonyl (C=O) groups is 2. The van der Waals surface area contributed by atoms with Gasteiger partial charge in [0.1, 0.15) is 0 Å². The molecule has 0 heterocycles. The molecule has 1 aliphatic rings. The fourth-order valence-corrected chi connectivity index (χ4v) is 2.33. The molecule has 1 aromatic rings. The van der Waals surface area contributed by atoms with E-state index in [0.717, 1.165) is 10.0 Å². The Morgan fingerprint density at radius 1 is 1.53 bits per heavy atom. The highest BCUT2D eigenvalue weighted by molar-refractivity contribution is 9.10. The molecular formula is C11H9BrO3. The van der Waals surface area contributed by atoms with E-state index in [1.807, 2.05) is 6.07 Å². The van der Waals surface area contributed by atoms with Gasteiger partial charge in [0.25, 0.3) is 0 Å². The molecule has 1 aromatic carbocycles. The maximum Gasteiger partial charge on any atom is 0.304 e. The molecule has 0 spiro atoms. The number of halogens is 1. The molecule has 15 heavy (non-hydrogen) atoms. The van der Waals surface area contributed by atoms with E-state index in [9.17, 15) is 9.59 Å². The summed E-state index contributed by atoms with van der Waals surface area (Å²) < 4.78 is 0.921. The van der Waals surface area contributed by atoms with Crippen LogP contribution in [0.1, 0.15) is 22.3 Å². The molecule has 1 atom stereocenters. The number of hydrogen-bond donors (Lipinski definition) is 1. The monoisotopic (exact) mass is 268 g/mol. The van der Waals surface area contributed by atoms with Crippen LogP contribution in [0.5, 0.6) is 0 Å². The van der Waals surface area contributed by atoms with Crippen LogP contribution in [0, 0.1) is 5.92 Å². The van der Waals surface area contributed by atoms with Crippen LogP contribution in [0.4, 0.5) is 0 Å². The number of fused-ring (bicyclic) bond motifs is 1. The van der Waals surface area contributed by atoms with Crippen molar-refractivity contribution in [3.8, 4) is 0 Å². The van der Waals surface area contributed by atoms with Gasteiger partial charge in [-0.15, -0.1) is 0 Å². The van der Waals surface area contributed by atoms with Gasteiger partial charge in [0.2, 0.25) is 0 Å². The van der Waals surface area contributed by atoms with Crippen LogP contribution < -0.4 is 0 Å². The summed E-state index contributed by atoms with van der Waals surface area (Å²) in [5.41, 5.74) is 1.62. The van der Waals surface area contributed by atoms with Gasteiger partial charge in [-0.25, -0.2) is 0 Å². The molecule has 0 unspecified atom stereocenters. The van der Waals surface area contributed by atoms with Crippen LogP contribution in [-0.2, 0) is 11.2 Å². The quantitative estimate of drug-likeness (QED) is 0.896. The highest BCUT2D eigenvalue weighted by Crippen LogP contribution is 2.30. The maximum atomic E-state index is 11.8. The smallest absolute Gasteiger partial charge is 0.304 e. The van der Waals surface area contributed by atoms with Crippen LogP contribution in [-0.4, -0.2) is 16.9 Å². The van der Waals surface area contributed by atoms with Crippen molar-refractivity contribution in [2.45, 2.75) is 12.8 Å². The topological polar surface area (TPSA) is 54.4 Å². The highest BCUT2D eigenvalue weighted by Gasteiger charge is 2.31. The molecule has 0 amide bonds. The third kappa shape index (κ3) is 1.95. The van der Waals surface area contributed by atoms with Crippen molar-refractivity contribution in [1.29, 1.82) is 0 Å². The first-order valence-corrected chi connectivity index (χ1v) is 5.41. The van der Waals surface area contributed by atoms with Gasteiger partial charge in [-0.1, -0.05) is 22.0 Å². The largest absolute Gasteiger partial charge is 0.481 e. The number of ketones is 1. The molecule has 4 heteroatoms. The van der Waals surface area contributed by atoms with Crippen LogP contribution in [0.25, 0.3) is 0 Å². The number of Topliss-reactive ketones (excluding diaryl/α,β-unsaturated/α-hetero) is 1. The fraction of sp³-hybridized carbons (Fsp3) is 0.273. The number of carboxylic acid groups (broad SMARTS) is 1. The first kappa shape index (κ1) is 10.4. The molecule has 0 fully saturated rings. The fourth-order valence-electron chi connectivity index (χ4n) is 1.93. The number of hydrogen-bond acceptors (Lipinski definition) is 2. The summed E-state index contributed by atoms with van der Waals surface area (Å²) in [4.78, 5) is 22.3. The number of carboxylic acids is 1. The van der Waals surface area contributed by atoms with Gasteiger partial charge >= 0.3 is 5.97 Å². The van der Waals surface area contributed by atoms with Crippen molar-refractivity contribution in [3.63, 3.8) is 0 Å². The van der Waals surface area contributed by atoms with Crippen molar-refractivity contribution < 1.29 is 14.7 Å². The molecule has 0 saturated carbocycles. The van der Waals surface area contributed by atoms with Crippen LogP contribution in [0.15, 0.2) is 22.7 Å². The minimum absolute atomic E-state index is 0.0418. The van der Waals surface area contributed by atoms with Gasteiger partial charge in [0, 0.05) is 16.0 Å². The third-order valence-electron chi connectivity index (χ3n) is 2.59. The van der Waals surface area contributed by atoms with Gasteiger partial charge in [0.05, 0.1) is 6.42 Å². The van der Waals surface area contributed by atoms with Gasteiger partial charge in [-0.05, 0) is 24.1 Å².